The largest absolute Gasteiger partial charge is 0.480 e. The van der Waals surface area contributed by atoms with Crippen molar-refractivity contribution in [2.24, 2.45) is 5.92 Å². The Kier molecular flexibility index (Phi) is 5.51. The molecule has 0 aromatic heterocycles. The lowest BCUT2D eigenvalue weighted by molar-refractivity contribution is -0.143. The minimum atomic E-state index is -0.804. The molecule has 2 heterocycles. The van der Waals surface area contributed by atoms with Gasteiger partial charge in [0, 0.05) is 13.1 Å². The first kappa shape index (κ1) is 17.0. The monoisotopic (exact) mass is 330 g/mol. The Hall–Kier alpha value is -1.88. The Morgan fingerprint density at radius 2 is 1.75 bits per heavy atom. The van der Waals surface area contributed by atoms with Gasteiger partial charge in [-0.25, -0.2) is 0 Å². The number of carbonyl (C=O) groups excluding carboxylic acids is 1. The summed E-state index contributed by atoms with van der Waals surface area (Å²) in [5.41, 5.74) is 1.36. The number of nitrogens with zero attached hydrogens (tertiary/aromatic N) is 2. The predicted molar refractivity (Wildman–Crippen MR) is 91.7 cm³/mol. The maximum absolute atomic E-state index is 12.5. The van der Waals surface area contributed by atoms with E-state index in [0.717, 1.165) is 38.8 Å². The van der Waals surface area contributed by atoms with Gasteiger partial charge in [0.15, 0.2) is 0 Å². The number of rotatable bonds is 5. The van der Waals surface area contributed by atoms with Crippen LogP contribution < -0.4 is 0 Å². The molecule has 0 aliphatic carbocycles. The van der Waals surface area contributed by atoms with Crippen LogP contribution in [0.15, 0.2) is 30.3 Å². The number of benzene rings is 1. The average molecular weight is 330 g/mol. The van der Waals surface area contributed by atoms with Crippen LogP contribution in [0.2, 0.25) is 0 Å². The van der Waals surface area contributed by atoms with Crippen molar-refractivity contribution in [2.45, 2.75) is 38.1 Å². The van der Waals surface area contributed by atoms with E-state index in [1.807, 2.05) is 15.9 Å². The molecule has 130 valence electrons. The minimum absolute atomic E-state index is 0.0845. The fraction of sp³-hybridized carbons (Fsp3) is 0.579. The van der Waals surface area contributed by atoms with Gasteiger partial charge < -0.3 is 10.0 Å². The van der Waals surface area contributed by atoms with Crippen LogP contribution in [0.5, 0.6) is 0 Å². The smallest absolute Gasteiger partial charge is 0.320 e. The maximum Gasteiger partial charge on any atom is 0.320 e. The van der Waals surface area contributed by atoms with Crippen molar-refractivity contribution < 1.29 is 14.7 Å². The van der Waals surface area contributed by atoms with Crippen LogP contribution in [0.25, 0.3) is 0 Å². The standard InChI is InChI=1S/C19H26N2O3/c22-18(14-21-10-4-7-17(21)19(23)24)20-11-8-16(9-12-20)13-15-5-2-1-3-6-15/h1-3,5-6,16-17H,4,7-14H2,(H,23,24)/t17-/m0/s1. The van der Waals surface area contributed by atoms with Gasteiger partial charge in [-0.15, -0.1) is 0 Å². The molecule has 0 saturated carbocycles. The van der Waals surface area contributed by atoms with Gasteiger partial charge >= 0.3 is 5.97 Å². The third-order valence-corrected chi connectivity index (χ3v) is 5.32. The second-order valence-corrected chi connectivity index (χ2v) is 6.98. The summed E-state index contributed by atoms with van der Waals surface area (Å²) in [6.45, 7) is 2.55. The second kappa shape index (κ2) is 7.79. The van der Waals surface area contributed by atoms with Crippen molar-refractivity contribution in [2.75, 3.05) is 26.2 Å². The van der Waals surface area contributed by atoms with Crippen LogP contribution in [0.4, 0.5) is 0 Å². The van der Waals surface area contributed by atoms with Gasteiger partial charge in [0.1, 0.15) is 6.04 Å². The summed E-state index contributed by atoms with van der Waals surface area (Å²) in [7, 11) is 0. The average Bonchev–Trinajstić information content (AvgIpc) is 3.05. The molecule has 0 radical (unpaired) electrons. The molecule has 2 fully saturated rings. The number of carbonyl (C=O) groups is 2. The summed E-state index contributed by atoms with van der Waals surface area (Å²) in [5, 5.41) is 9.22. The molecule has 1 N–H and O–H groups in total. The molecule has 1 aromatic carbocycles. The number of aliphatic carboxylic acids is 1. The number of amides is 1. The van der Waals surface area contributed by atoms with E-state index in [-0.39, 0.29) is 12.5 Å². The summed E-state index contributed by atoms with van der Waals surface area (Å²) < 4.78 is 0. The SMILES string of the molecule is O=C(O)[C@@H]1CCCN1CC(=O)N1CCC(Cc2ccccc2)CC1. The quantitative estimate of drug-likeness (QED) is 0.897. The Labute approximate surface area is 143 Å². The highest BCUT2D eigenvalue weighted by Gasteiger charge is 2.33. The molecule has 3 rings (SSSR count). The summed E-state index contributed by atoms with van der Waals surface area (Å²) in [5.74, 6) is -0.0850. The van der Waals surface area contributed by atoms with Gasteiger partial charge in [-0.05, 0) is 50.1 Å². The molecule has 5 heteroatoms. The first-order chi connectivity index (χ1) is 11.6. The molecular weight excluding hydrogens is 304 g/mol. The Balaban J connectivity index is 1.46. The van der Waals surface area contributed by atoms with Crippen LogP contribution in [-0.4, -0.2) is 59.0 Å². The third kappa shape index (κ3) is 4.15. The van der Waals surface area contributed by atoms with Crippen molar-refractivity contribution in [1.82, 2.24) is 9.80 Å². The summed E-state index contributed by atoms with van der Waals surface area (Å²) in [4.78, 5) is 27.4. The summed E-state index contributed by atoms with van der Waals surface area (Å²) >= 11 is 0. The van der Waals surface area contributed by atoms with Crippen molar-refractivity contribution in [3.8, 4) is 0 Å². The molecule has 2 aliphatic heterocycles. The van der Waals surface area contributed by atoms with Crippen LogP contribution in [0, 0.1) is 5.92 Å². The number of hydrogen-bond acceptors (Lipinski definition) is 3. The van der Waals surface area contributed by atoms with E-state index in [4.69, 9.17) is 0 Å². The van der Waals surface area contributed by atoms with Crippen LogP contribution in [0.1, 0.15) is 31.2 Å². The van der Waals surface area contributed by atoms with E-state index in [9.17, 15) is 14.7 Å². The number of carboxylic acids is 1. The van der Waals surface area contributed by atoms with Gasteiger partial charge in [-0.1, -0.05) is 30.3 Å². The van der Waals surface area contributed by atoms with Crippen molar-refractivity contribution in [1.29, 1.82) is 0 Å². The summed E-state index contributed by atoms with van der Waals surface area (Å²) in [6, 6.07) is 10.0. The van der Waals surface area contributed by atoms with Gasteiger partial charge in [-0.2, -0.15) is 0 Å². The number of carboxylic acid groups (broad SMARTS) is 1. The number of piperidine rings is 1. The fourth-order valence-electron chi connectivity index (χ4n) is 3.90. The van der Waals surface area contributed by atoms with Gasteiger partial charge in [0.25, 0.3) is 0 Å². The van der Waals surface area contributed by atoms with Crippen LogP contribution >= 0.6 is 0 Å². The lowest BCUT2D eigenvalue weighted by Gasteiger charge is -2.33. The first-order valence-electron chi connectivity index (χ1n) is 8.92. The van der Waals surface area contributed by atoms with Gasteiger partial charge in [0.2, 0.25) is 5.91 Å². The lowest BCUT2D eigenvalue weighted by atomic mass is 9.90. The summed E-state index contributed by atoms with van der Waals surface area (Å²) in [6.07, 6.45) is 4.66. The molecule has 0 bridgehead atoms. The van der Waals surface area contributed by atoms with E-state index in [1.165, 1.54) is 5.56 Å². The lowest BCUT2D eigenvalue weighted by Crippen LogP contribution is -2.47. The zero-order chi connectivity index (χ0) is 16.9. The maximum atomic E-state index is 12.5. The van der Waals surface area contributed by atoms with E-state index < -0.39 is 12.0 Å². The van der Waals surface area contributed by atoms with Crippen molar-refractivity contribution >= 4 is 11.9 Å². The highest BCUT2D eigenvalue weighted by molar-refractivity contribution is 5.80. The molecule has 0 spiro atoms. The Morgan fingerprint density at radius 1 is 1.04 bits per heavy atom. The molecule has 2 saturated heterocycles. The second-order valence-electron chi connectivity index (χ2n) is 6.98. The molecule has 1 aromatic rings. The molecule has 24 heavy (non-hydrogen) atoms. The molecule has 5 nitrogen and oxygen atoms in total. The first-order valence-corrected chi connectivity index (χ1v) is 8.92. The number of likely N-dealkylation sites (tertiary alicyclic amines) is 2. The van der Waals surface area contributed by atoms with Gasteiger partial charge in [-0.3, -0.25) is 14.5 Å². The van der Waals surface area contributed by atoms with E-state index in [0.29, 0.717) is 18.9 Å². The molecule has 1 atom stereocenters. The highest BCUT2D eigenvalue weighted by atomic mass is 16.4. The van der Waals surface area contributed by atoms with E-state index in [2.05, 4.69) is 24.3 Å². The minimum Gasteiger partial charge on any atom is -0.480 e. The number of hydrogen-bond donors (Lipinski definition) is 1. The highest BCUT2D eigenvalue weighted by Crippen LogP contribution is 2.23. The van der Waals surface area contributed by atoms with Gasteiger partial charge in [0.05, 0.1) is 6.54 Å². The van der Waals surface area contributed by atoms with Crippen molar-refractivity contribution in [3.05, 3.63) is 35.9 Å². The zero-order valence-electron chi connectivity index (χ0n) is 14.1. The van der Waals surface area contributed by atoms with E-state index in [1.54, 1.807) is 0 Å². The van der Waals surface area contributed by atoms with Crippen LogP contribution in [0.3, 0.4) is 0 Å². The Bertz CT molecular complexity index is 567. The van der Waals surface area contributed by atoms with Crippen molar-refractivity contribution in [3.63, 3.8) is 0 Å². The predicted octanol–water partition coefficient (Wildman–Crippen LogP) is 2.02. The molecular formula is C19H26N2O3. The van der Waals surface area contributed by atoms with Crippen LogP contribution in [-0.2, 0) is 16.0 Å². The third-order valence-electron chi connectivity index (χ3n) is 5.32. The topological polar surface area (TPSA) is 60.9 Å². The molecule has 1 amide bonds. The van der Waals surface area contributed by atoms with E-state index >= 15 is 0 Å². The fourth-order valence-corrected chi connectivity index (χ4v) is 3.90. The molecule has 2 aliphatic rings. The molecule has 0 unspecified atom stereocenters. The Morgan fingerprint density at radius 3 is 2.42 bits per heavy atom. The normalized spacial score (nSPS) is 22.7. The zero-order valence-corrected chi connectivity index (χ0v) is 14.1.